The van der Waals surface area contributed by atoms with Crippen molar-refractivity contribution in [3.05, 3.63) is 18.5 Å². The van der Waals surface area contributed by atoms with Gasteiger partial charge in [-0.15, -0.1) is 0 Å². The van der Waals surface area contributed by atoms with E-state index in [1.807, 2.05) is 13.1 Å². The number of piperidine rings is 1. The van der Waals surface area contributed by atoms with E-state index in [1.54, 1.807) is 12.4 Å². The summed E-state index contributed by atoms with van der Waals surface area (Å²) in [5, 5.41) is 13.0. The van der Waals surface area contributed by atoms with Gasteiger partial charge in [-0.1, -0.05) is 0 Å². The molecule has 0 aromatic carbocycles. The van der Waals surface area contributed by atoms with Gasteiger partial charge in [0.2, 0.25) is 11.9 Å². The number of nitrogens with zero attached hydrogens (tertiary/aromatic N) is 5. The standard InChI is InChI=1S/C17H28N6O2/c1-21-7-3-15(24)14(13-21)16(25)18-6-8-22-9-11-23(12-10-22)17-19-4-2-5-20-17/h2,4-5,14-15,24H,3,6-13H2,1H3,(H,18,25)/t14-,15+/m1/s1. The maximum absolute atomic E-state index is 12.3. The molecule has 138 valence electrons. The van der Waals surface area contributed by atoms with Gasteiger partial charge in [-0.2, -0.15) is 0 Å². The minimum Gasteiger partial charge on any atom is -0.392 e. The van der Waals surface area contributed by atoms with Crippen LogP contribution in [0.4, 0.5) is 5.95 Å². The van der Waals surface area contributed by atoms with E-state index < -0.39 is 6.10 Å². The lowest BCUT2D eigenvalue weighted by atomic mass is 9.94. The third kappa shape index (κ3) is 4.87. The number of hydrogen-bond acceptors (Lipinski definition) is 7. The van der Waals surface area contributed by atoms with Crippen LogP contribution in [0.3, 0.4) is 0 Å². The second-order valence-electron chi connectivity index (χ2n) is 6.89. The highest BCUT2D eigenvalue weighted by Gasteiger charge is 2.31. The van der Waals surface area contributed by atoms with Gasteiger partial charge in [-0.25, -0.2) is 9.97 Å². The molecule has 2 aliphatic heterocycles. The Balaban J connectivity index is 1.36. The number of carbonyl (C=O) groups excluding carboxylic acids is 1. The molecule has 0 bridgehead atoms. The number of likely N-dealkylation sites (tertiary alicyclic amines) is 1. The van der Waals surface area contributed by atoms with Crippen molar-refractivity contribution in [2.75, 3.05) is 64.3 Å². The molecular weight excluding hydrogens is 320 g/mol. The SMILES string of the molecule is CN1CC[C@H](O)[C@H](C(=O)NCCN2CCN(c3ncccn3)CC2)C1. The Morgan fingerprint density at radius 1 is 1.24 bits per heavy atom. The number of amides is 1. The minimum absolute atomic E-state index is 0.0321. The molecule has 0 spiro atoms. The van der Waals surface area contributed by atoms with E-state index in [9.17, 15) is 9.90 Å². The van der Waals surface area contributed by atoms with Crippen molar-refractivity contribution in [2.45, 2.75) is 12.5 Å². The second kappa shape index (κ2) is 8.55. The molecule has 1 amide bonds. The van der Waals surface area contributed by atoms with Crippen LogP contribution >= 0.6 is 0 Å². The van der Waals surface area contributed by atoms with Gasteiger partial charge in [0.15, 0.2) is 0 Å². The third-order valence-corrected chi connectivity index (χ3v) is 5.05. The van der Waals surface area contributed by atoms with Crippen molar-refractivity contribution >= 4 is 11.9 Å². The van der Waals surface area contributed by atoms with Crippen molar-refractivity contribution in [3.63, 3.8) is 0 Å². The lowest BCUT2D eigenvalue weighted by Crippen LogP contribution is -2.51. The molecule has 25 heavy (non-hydrogen) atoms. The summed E-state index contributed by atoms with van der Waals surface area (Å²) >= 11 is 0. The number of hydrogen-bond donors (Lipinski definition) is 2. The van der Waals surface area contributed by atoms with Gasteiger partial charge in [-0.3, -0.25) is 9.69 Å². The van der Waals surface area contributed by atoms with E-state index in [-0.39, 0.29) is 11.8 Å². The predicted molar refractivity (Wildman–Crippen MR) is 95.3 cm³/mol. The molecule has 3 rings (SSSR count). The van der Waals surface area contributed by atoms with Gasteiger partial charge in [0.1, 0.15) is 0 Å². The quantitative estimate of drug-likeness (QED) is 0.708. The van der Waals surface area contributed by atoms with Gasteiger partial charge >= 0.3 is 0 Å². The molecule has 2 N–H and O–H groups in total. The second-order valence-corrected chi connectivity index (χ2v) is 6.89. The molecule has 2 aliphatic rings. The van der Waals surface area contributed by atoms with Crippen molar-refractivity contribution in [2.24, 2.45) is 5.92 Å². The van der Waals surface area contributed by atoms with Gasteiger partial charge in [0.05, 0.1) is 12.0 Å². The summed E-state index contributed by atoms with van der Waals surface area (Å²) in [5.41, 5.74) is 0. The summed E-state index contributed by atoms with van der Waals surface area (Å²) in [6.45, 7) is 6.57. The molecule has 8 nitrogen and oxygen atoms in total. The molecule has 2 fully saturated rings. The Labute approximate surface area is 148 Å². The van der Waals surface area contributed by atoms with Gasteiger partial charge in [-0.05, 0) is 19.5 Å². The van der Waals surface area contributed by atoms with Crippen LogP contribution in [0.15, 0.2) is 18.5 Å². The zero-order chi connectivity index (χ0) is 17.6. The summed E-state index contributed by atoms with van der Waals surface area (Å²) < 4.78 is 0. The van der Waals surface area contributed by atoms with Crippen LogP contribution in [0.5, 0.6) is 0 Å². The zero-order valence-corrected chi connectivity index (χ0v) is 14.8. The van der Waals surface area contributed by atoms with Crippen LogP contribution < -0.4 is 10.2 Å². The first-order valence-electron chi connectivity index (χ1n) is 9.02. The van der Waals surface area contributed by atoms with Crippen molar-refractivity contribution in [3.8, 4) is 0 Å². The minimum atomic E-state index is -0.523. The summed E-state index contributed by atoms with van der Waals surface area (Å²) in [5.74, 6) is 0.437. The first kappa shape index (κ1) is 18.0. The van der Waals surface area contributed by atoms with E-state index in [1.165, 1.54) is 0 Å². The average Bonchev–Trinajstić information content (AvgIpc) is 2.65. The maximum atomic E-state index is 12.3. The molecule has 0 radical (unpaired) electrons. The molecular formula is C17H28N6O2. The lowest BCUT2D eigenvalue weighted by Gasteiger charge is -2.35. The Morgan fingerprint density at radius 3 is 2.68 bits per heavy atom. The molecule has 1 aromatic heterocycles. The zero-order valence-electron chi connectivity index (χ0n) is 14.8. The van der Waals surface area contributed by atoms with E-state index in [0.29, 0.717) is 19.5 Å². The average molecular weight is 348 g/mol. The van der Waals surface area contributed by atoms with Crippen molar-refractivity contribution in [1.82, 2.24) is 25.1 Å². The number of carbonyl (C=O) groups is 1. The highest BCUT2D eigenvalue weighted by Crippen LogP contribution is 2.16. The van der Waals surface area contributed by atoms with Crippen LogP contribution in [0, 0.1) is 5.92 Å². The van der Waals surface area contributed by atoms with Gasteiger partial charge < -0.3 is 20.2 Å². The molecule has 2 atom stereocenters. The molecule has 0 unspecified atom stereocenters. The van der Waals surface area contributed by atoms with Crippen LogP contribution in [0.1, 0.15) is 6.42 Å². The van der Waals surface area contributed by atoms with Crippen molar-refractivity contribution < 1.29 is 9.90 Å². The molecule has 3 heterocycles. The largest absolute Gasteiger partial charge is 0.392 e. The Morgan fingerprint density at radius 2 is 1.96 bits per heavy atom. The Hall–Kier alpha value is -1.77. The number of rotatable bonds is 5. The predicted octanol–water partition coefficient (Wildman–Crippen LogP) is -0.973. The topological polar surface area (TPSA) is 84.8 Å². The number of aromatic nitrogens is 2. The fraction of sp³-hybridized carbons (Fsp3) is 0.706. The number of piperazine rings is 1. The highest BCUT2D eigenvalue weighted by molar-refractivity contribution is 5.79. The summed E-state index contributed by atoms with van der Waals surface area (Å²) in [6, 6.07) is 1.82. The van der Waals surface area contributed by atoms with E-state index in [0.717, 1.165) is 45.2 Å². The van der Waals surface area contributed by atoms with Gasteiger partial charge in [0.25, 0.3) is 0 Å². The smallest absolute Gasteiger partial charge is 0.227 e. The van der Waals surface area contributed by atoms with Crippen LogP contribution in [0.2, 0.25) is 0 Å². The first-order valence-corrected chi connectivity index (χ1v) is 9.02. The fourth-order valence-corrected chi connectivity index (χ4v) is 3.45. The summed E-state index contributed by atoms with van der Waals surface area (Å²) in [7, 11) is 1.99. The molecule has 2 saturated heterocycles. The molecule has 0 saturated carbocycles. The van der Waals surface area contributed by atoms with Crippen LogP contribution in [-0.4, -0.2) is 96.3 Å². The van der Waals surface area contributed by atoms with Crippen LogP contribution in [-0.2, 0) is 4.79 Å². The molecule has 0 aliphatic carbocycles. The van der Waals surface area contributed by atoms with E-state index in [4.69, 9.17) is 0 Å². The monoisotopic (exact) mass is 348 g/mol. The van der Waals surface area contributed by atoms with Crippen molar-refractivity contribution in [1.29, 1.82) is 0 Å². The van der Waals surface area contributed by atoms with E-state index >= 15 is 0 Å². The lowest BCUT2D eigenvalue weighted by molar-refractivity contribution is -0.131. The number of aliphatic hydroxyl groups is 1. The number of aliphatic hydroxyl groups excluding tert-OH is 1. The van der Waals surface area contributed by atoms with Gasteiger partial charge in [0, 0.05) is 64.8 Å². The maximum Gasteiger partial charge on any atom is 0.227 e. The Kier molecular flexibility index (Phi) is 6.17. The first-order chi connectivity index (χ1) is 12.1. The third-order valence-electron chi connectivity index (χ3n) is 5.05. The number of anilines is 1. The fourth-order valence-electron chi connectivity index (χ4n) is 3.45. The summed E-state index contributed by atoms with van der Waals surface area (Å²) in [6.07, 6.45) is 3.67. The summed E-state index contributed by atoms with van der Waals surface area (Å²) in [4.78, 5) is 27.5. The molecule has 1 aromatic rings. The number of nitrogens with one attached hydrogen (secondary N) is 1. The highest BCUT2D eigenvalue weighted by atomic mass is 16.3. The Bertz CT molecular complexity index is 549. The van der Waals surface area contributed by atoms with Crippen LogP contribution in [0.25, 0.3) is 0 Å². The molecule has 8 heteroatoms. The normalized spacial score (nSPS) is 25.8. The van der Waals surface area contributed by atoms with E-state index in [2.05, 4.69) is 30.0 Å².